The van der Waals surface area contributed by atoms with Crippen LogP contribution in [-0.2, 0) is 12.1 Å². The maximum absolute atomic E-state index is 10.4. The van der Waals surface area contributed by atoms with Crippen molar-refractivity contribution in [2.45, 2.75) is 32.9 Å². The molecule has 1 heterocycles. The lowest BCUT2D eigenvalue weighted by Crippen LogP contribution is -2.22. The normalized spacial score (nSPS) is 12.0. The van der Waals surface area contributed by atoms with Gasteiger partial charge in [0.05, 0.1) is 11.0 Å². The van der Waals surface area contributed by atoms with E-state index in [1.807, 2.05) is 24.3 Å². The molecule has 108 valence electrons. The monoisotopic (exact) mass is 280 g/mol. The topological polar surface area (TPSA) is 38.0 Å². The summed E-state index contributed by atoms with van der Waals surface area (Å²) in [4.78, 5) is 4.61. The van der Waals surface area contributed by atoms with E-state index in [0.29, 0.717) is 12.4 Å². The molecule has 0 aliphatic heterocycles. The molecule has 3 heteroatoms. The number of imidazole rings is 1. The van der Waals surface area contributed by atoms with E-state index in [0.717, 1.165) is 11.0 Å². The van der Waals surface area contributed by atoms with Crippen molar-refractivity contribution in [1.82, 2.24) is 9.55 Å². The molecule has 21 heavy (non-hydrogen) atoms. The lowest BCUT2D eigenvalue weighted by molar-refractivity contribution is 0.0657. The molecule has 0 saturated carbocycles. The Balaban J connectivity index is 2.13. The smallest absolute Gasteiger partial charge is 0.141 e. The predicted molar refractivity (Wildman–Crippen MR) is 85.3 cm³/mol. The van der Waals surface area contributed by atoms with Crippen LogP contribution in [0.15, 0.2) is 48.5 Å². The molecule has 3 rings (SSSR count). The second kappa shape index (κ2) is 5.01. The second-order valence-electron chi connectivity index (χ2n) is 6.05. The largest absolute Gasteiger partial charge is 0.383 e. The lowest BCUT2D eigenvalue weighted by Gasteiger charge is -2.19. The van der Waals surface area contributed by atoms with Crippen LogP contribution in [0.3, 0.4) is 0 Å². The second-order valence-corrected chi connectivity index (χ2v) is 6.05. The Hall–Kier alpha value is -2.13. The molecule has 0 aliphatic carbocycles. The minimum absolute atomic E-state index is 0.698. The van der Waals surface area contributed by atoms with Gasteiger partial charge in [-0.2, -0.15) is 0 Å². The number of hydrogen-bond acceptors (Lipinski definition) is 2. The van der Waals surface area contributed by atoms with Gasteiger partial charge < -0.3 is 9.67 Å². The first-order valence-corrected chi connectivity index (χ1v) is 7.19. The SMILES string of the molecule is Cc1ccc(Cn2c(C(C)(C)O)nc3ccccc32)cc1. The van der Waals surface area contributed by atoms with Gasteiger partial charge in [-0.05, 0) is 38.5 Å². The van der Waals surface area contributed by atoms with Crippen LogP contribution >= 0.6 is 0 Å². The fraction of sp³-hybridized carbons (Fsp3) is 0.278. The van der Waals surface area contributed by atoms with Crippen molar-refractivity contribution < 1.29 is 5.11 Å². The minimum atomic E-state index is -0.969. The van der Waals surface area contributed by atoms with Crippen molar-refractivity contribution in [2.24, 2.45) is 0 Å². The van der Waals surface area contributed by atoms with Gasteiger partial charge in [-0.15, -0.1) is 0 Å². The molecule has 0 spiro atoms. The lowest BCUT2D eigenvalue weighted by atomic mass is 10.1. The molecule has 0 bridgehead atoms. The van der Waals surface area contributed by atoms with E-state index in [2.05, 4.69) is 40.7 Å². The highest BCUT2D eigenvalue weighted by Crippen LogP contribution is 2.25. The Morgan fingerprint density at radius 1 is 1.05 bits per heavy atom. The van der Waals surface area contributed by atoms with E-state index in [9.17, 15) is 5.11 Å². The maximum Gasteiger partial charge on any atom is 0.141 e. The molecule has 0 unspecified atom stereocenters. The van der Waals surface area contributed by atoms with Crippen LogP contribution in [0.25, 0.3) is 11.0 Å². The van der Waals surface area contributed by atoms with Crippen LogP contribution < -0.4 is 0 Å². The van der Waals surface area contributed by atoms with Gasteiger partial charge in [-0.1, -0.05) is 42.0 Å². The van der Waals surface area contributed by atoms with Crippen LogP contribution in [0.1, 0.15) is 30.8 Å². The van der Waals surface area contributed by atoms with Crippen molar-refractivity contribution in [3.8, 4) is 0 Å². The third-order valence-electron chi connectivity index (χ3n) is 3.66. The number of nitrogens with zero attached hydrogens (tertiary/aromatic N) is 2. The molecule has 3 nitrogen and oxygen atoms in total. The first-order chi connectivity index (χ1) is 9.95. The summed E-state index contributed by atoms with van der Waals surface area (Å²) in [5.41, 5.74) is 3.45. The van der Waals surface area contributed by atoms with Crippen molar-refractivity contribution >= 4 is 11.0 Å². The van der Waals surface area contributed by atoms with E-state index in [1.165, 1.54) is 11.1 Å². The van der Waals surface area contributed by atoms with E-state index in [4.69, 9.17) is 0 Å². The van der Waals surface area contributed by atoms with Crippen molar-refractivity contribution in [2.75, 3.05) is 0 Å². The molecule has 0 radical (unpaired) electrons. The van der Waals surface area contributed by atoms with Gasteiger partial charge in [0.1, 0.15) is 11.4 Å². The van der Waals surface area contributed by atoms with Crippen LogP contribution in [0.5, 0.6) is 0 Å². The van der Waals surface area contributed by atoms with Gasteiger partial charge in [0.15, 0.2) is 0 Å². The molecule has 0 atom stereocenters. The Kier molecular flexibility index (Phi) is 3.30. The van der Waals surface area contributed by atoms with Crippen molar-refractivity contribution in [3.05, 3.63) is 65.5 Å². The molecule has 0 fully saturated rings. The number of aryl methyl sites for hydroxylation is 1. The first-order valence-electron chi connectivity index (χ1n) is 7.19. The number of rotatable bonds is 3. The van der Waals surface area contributed by atoms with E-state index < -0.39 is 5.60 Å². The van der Waals surface area contributed by atoms with Gasteiger partial charge in [-0.25, -0.2) is 4.98 Å². The van der Waals surface area contributed by atoms with Gasteiger partial charge >= 0.3 is 0 Å². The first kappa shape index (κ1) is 13.8. The fourth-order valence-electron chi connectivity index (χ4n) is 2.58. The highest BCUT2D eigenvalue weighted by molar-refractivity contribution is 5.76. The van der Waals surface area contributed by atoms with Crippen LogP contribution in [0.4, 0.5) is 0 Å². The Bertz CT molecular complexity index is 764. The summed E-state index contributed by atoms with van der Waals surface area (Å²) in [5.74, 6) is 0.698. The number of aromatic nitrogens is 2. The van der Waals surface area contributed by atoms with Gasteiger partial charge in [0.25, 0.3) is 0 Å². The summed E-state index contributed by atoms with van der Waals surface area (Å²) in [6.07, 6.45) is 0. The summed E-state index contributed by atoms with van der Waals surface area (Å²) < 4.78 is 2.10. The van der Waals surface area contributed by atoms with Crippen molar-refractivity contribution in [3.63, 3.8) is 0 Å². The van der Waals surface area contributed by atoms with Crippen LogP contribution in [-0.4, -0.2) is 14.7 Å². The fourth-order valence-corrected chi connectivity index (χ4v) is 2.58. The zero-order chi connectivity index (χ0) is 15.0. The summed E-state index contributed by atoms with van der Waals surface area (Å²) in [5, 5.41) is 10.4. The van der Waals surface area contributed by atoms with Gasteiger partial charge in [0.2, 0.25) is 0 Å². The Morgan fingerprint density at radius 3 is 2.38 bits per heavy atom. The molecule has 0 aliphatic rings. The number of para-hydroxylation sites is 2. The Morgan fingerprint density at radius 2 is 1.71 bits per heavy atom. The summed E-state index contributed by atoms with van der Waals surface area (Å²) in [6, 6.07) is 16.5. The predicted octanol–water partition coefficient (Wildman–Crippen LogP) is 3.62. The van der Waals surface area contributed by atoms with E-state index >= 15 is 0 Å². The highest BCUT2D eigenvalue weighted by atomic mass is 16.3. The molecule has 1 aromatic heterocycles. The molecular formula is C18H20N2O. The quantitative estimate of drug-likeness (QED) is 0.795. The molecule has 3 aromatic rings. The van der Waals surface area contributed by atoms with E-state index in [-0.39, 0.29) is 0 Å². The molecule has 0 amide bonds. The van der Waals surface area contributed by atoms with Crippen LogP contribution in [0.2, 0.25) is 0 Å². The number of benzene rings is 2. The third-order valence-corrected chi connectivity index (χ3v) is 3.66. The molecular weight excluding hydrogens is 260 g/mol. The molecule has 0 saturated heterocycles. The van der Waals surface area contributed by atoms with Gasteiger partial charge in [-0.3, -0.25) is 0 Å². The summed E-state index contributed by atoms with van der Waals surface area (Å²) >= 11 is 0. The standard InChI is InChI=1S/C18H20N2O/c1-13-8-10-14(11-9-13)12-20-16-7-5-4-6-15(16)19-17(20)18(2,3)21/h4-11,21H,12H2,1-3H3. The molecule has 1 N–H and O–H groups in total. The van der Waals surface area contributed by atoms with E-state index in [1.54, 1.807) is 13.8 Å². The number of aliphatic hydroxyl groups is 1. The summed E-state index contributed by atoms with van der Waals surface area (Å²) in [6.45, 7) is 6.35. The van der Waals surface area contributed by atoms with Crippen LogP contribution in [0, 0.1) is 6.92 Å². The van der Waals surface area contributed by atoms with Gasteiger partial charge in [0, 0.05) is 6.54 Å². The average molecular weight is 280 g/mol. The zero-order valence-corrected chi connectivity index (χ0v) is 12.7. The summed E-state index contributed by atoms with van der Waals surface area (Å²) in [7, 11) is 0. The average Bonchev–Trinajstić information content (AvgIpc) is 2.81. The Labute approximate surface area is 124 Å². The third kappa shape index (κ3) is 2.69. The number of fused-ring (bicyclic) bond motifs is 1. The highest BCUT2D eigenvalue weighted by Gasteiger charge is 2.24. The van der Waals surface area contributed by atoms with Crippen molar-refractivity contribution in [1.29, 1.82) is 0 Å². The zero-order valence-electron chi connectivity index (χ0n) is 12.7. The molecule has 2 aromatic carbocycles. The minimum Gasteiger partial charge on any atom is -0.383 e. The number of hydrogen-bond donors (Lipinski definition) is 1. The maximum atomic E-state index is 10.4.